The minimum atomic E-state index is -1.52. The van der Waals surface area contributed by atoms with Crippen LogP contribution in [0.1, 0.15) is 31.5 Å². The number of aliphatic hydroxyl groups excluding tert-OH is 2. The molecule has 0 radical (unpaired) electrons. The van der Waals surface area contributed by atoms with Crippen molar-refractivity contribution in [2.24, 2.45) is 11.7 Å². The number of phenols is 1. The molecule has 1 aromatic carbocycles. The average Bonchev–Trinajstić information content (AvgIpc) is 3.48. The number of aromatic hydroxyl groups is 1. The number of imidazole rings is 1. The molecular formula is C27H39N7O9. The summed E-state index contributed by atoms with van der Waals surface area (Å²) in [6.07, 6.45) is 2.76. The maximum absolute atomic E-state index is 13.5. The van der Waals surface area contributed by atoms with Gasteiger partial charge in [0.2, 0.25) is 23.6 Å². The highest BCUT2D eigenvalue weighted by atomic mass is 16.4. The molecule has 16 heteroatoms. The summed E-state index contributed by atoms with van der Waals surface area (Å²) in [5.41, 5.74) is 6.37. The number of carboxylic acid groups (broad SMARTS) is 1. The van der Waals surface area contributed by atoms with Crippen molar-refractivity contribution < 1.29 is 44.4 Å². The first-order valence-corrected chi connectivity index (χ1v) is 13.5. The van der Waals surface area contributed by atoms with E-state index in [1.165, 1.54) is 36.8 Å². The number of hydrogen-bond acceptors (Lipinski definition) is 10. The molecule has 2 aromatic rings. The van der Waals surface area contributed by atoms with Crippen molar-refractivity contribution in [2.45, 2.75) is 63.3 Å². The van der Waals surface area contributed by atoms with Crippen molar-refractivity contribution in [1.82, 2.24) is 31.2 Å². The molecule has 4 amide bonds. The highest BCUT2D eigenvalue weighted by Gasteiger charge is 2.32. The van der Waals surface area contributed by atoms with Crippen LogP contribution in [0, 0.1) is 5.92 Å². The number of rotatable bonds is 17. The average molecular weight is 606 g/mol. The van der Waals surface area contributed by atoms with E-state index in [9.17, 15) is 39.3 Å². The fraction of sp³-hybridized carbons (Fsp3) is 0.481. The second-order valence-electron chi connectivity index (χ2n) is 10.3. The quantitative estimate of drug-likeness (QED) is 0.0885. The van der Waals surface area contributed by atoms with Crippen molar-refractivity contribution in [2.75, 3.05) is 13.2 Å². The second-order valence-corrected chi connectivity index (χ2v) is 10.3. The zero-order valence-electron chi connectivity index (χ0n) is 23.8. The lowest BCUT2D eigenvalue weighted by Gasteiger charge is -2.26. The molecule has 0 aliphatic rings. The second kappa shape index (κ2) is 16.8. The Morgan fingerprint density at radius 1 is 0.814 bits per heavy atom. The highest BCUT2D eigenvalue weighted by molar-refractivity contribution is 5.95. The number of amides is 4. The SMILES string of the molecule is CC(C)C[C@H](NC(=O)[C@H](Cc1ccc(O)cc1)NC(=O)[C@H](CO)NC(=O)[C@@H](N)CO)C(=O)N[C@@H](Cc1c[nH]cn1)C(=O)O. The van der Waals surface area contributed by atoms with Crippen LogP contribution >= 0.6 is 0 Å². The van der Waals surface area contributed by atoms with Crippen LogP contribution in [-0.2, 0) is 36.8 Å². The first-order chi connectivity index (χ1) is 20.3. The number of phenolic OH excluding ortho intramolecular Hbond substituents is 1. The predicted molar refractivity (Wildman–Crippen MR) is 151 cm³/mol. The van der Waals surface area contributed by atoms with Gasteiger partial charge in [0.05, 0.1) is 25.2 Å². The largest absolute Gasteiger partial charge is 0.508 e. The van der Waals surface area contributed by atoms with Crippen LogP contribution in [0.3, 0.4) is 0 Å². The standard InChI is InChI=1S/C27H39N7O9/c1-14(2)7-19(24(39)33-21(27(42)43)9-16-10-29-13-30-16)31-25(40)20(8-15-3-5-17(37)6-4-15)32-26(41)22(12-36)34-23(38)18(28)11-35/h3-6,10,13-14,18-22,35-37H,7-9,11-12,28H2,1-2H3,(H,29,30)(H,31,40)(H,32,41)(H,33,39)(H,34,38)(H,42,43)/t18-,19-,20-,21-,22-/m0/s1. The molecule has 1 aromatic heterocycles. The summed E-state index contributed by atoms with van der Waals surface area (Å²) in [5.74, 6) is -4.88. The molecule has 11 N–H and O–H groups in total. The van der Waals surface area contributed by atoms with Gasteiger partial charge in [0.1, 0.15) is 36.0 Å². The van der Waals surface area contributed by atoms with E-state index in [1.54, 1.807) is 13.8 Å². The number of carbonyl (C=O) groups is 5. The number of nitrogens with zero attached hydrogens (tertiary/aromatic N) is 1. The van der Waals surface area contributed by atoms with E-state index in [0.29, 0.717) is 11.3 Å². The molecule has 1 heterocycles. The Kier molecular flexibility index (Phi) is 13.5. The first kappa shape index (κ1) is 34.7. The van der Waals surface area contributed by atoms with E-state index < -0.39 is 73.0 Å². The number of carbonyl (C=O) groups excluding carboxylic acids is 4. The molecular weight excluding hydrogens is 566 g/mol. The summed E-state index contributed by atoms with van der Waals surface area (Å²) in [6.45, 7) is 2.04. The van der Waals surface area contributed by atoms with Crippen LogP contribution < -0.4 is 27.0 Å². The predicted octanol–water partition coefficient (Wildman–Crippen LogP) is -2.72. The van der Waals surface area contributed by atoms with E-state index in [-0.39, 0.29) is 30.9 Å². The monoisotopic (exact) mass is 605 g/mol. The number of aliphatic carboxylic acids is 1. The molecule has 43 heavy (non-hydrogen) atoms. The minimum absolute atomic E-state index is 0.0337. The Morgan fingerprint density at radius 3 is 1.91 bits per heavy atom. The molecule has 2 rings (SSSR count). The van der Waals surface area contributed by atoms with E-state index in [4.69, 9.17) is 10.8 Å². The highest BCUT2D eigenvalue weighted by Crippen LogP contribution is 2.13. The Balaban J connectivity index is 2.27. The Bertz CT molecular complexity index is 1220. The lowest BCUT2D eigenvalue weighted by molar-refractivity contribution is -0.142. The summed E-state index contributed by atoms with van der Waals surface area (Å²) in [5, 5.41) is 47.7. The number of hydrogen-bond donors (Lipinski definition) is 10. The fourth-order valence-electron chi connectivity index (χ4n) is 3.96. The van der Waals surface area contributed by atoms with Crippen LogP contribution in [0.2, 0.25) is 0 Å². The normalized spacial score (nSPS) is 14.6. The molecule has 0 spiro atoms. The molecule has 0 bridgehead atoms. The Morgan fingerprint density at radius 2 is 1.37 bits per heavy atom. The van der Waals surface area contributed by atoms with Gasteiger partial charge in [0, 0.05) is 19.0 Å². The number of carboxylic acids is 1. The van der Waals surface area contributed by atoms with Crippen LogP contribution in [0.25, 0.3) is 0 Å². The molecule has 236 valence electrons. The zero-order chi connectivity index (χ0) is 32.1. The maximum Gasteiger partial charge on any atom is 0.326 e. The van der Waals surface area contributed by atoms with Crippen molar-refractivity contribution >= 4 is 29.6 Å². The summed E-state index contributed by atoms with van der Waals surface area (Å²) in [6, 6.07) is -0.964. The molecule has 0 saturated carbocycles. The summed E-state index contributed by atoms with van der Waals surface area (Å²) in [4.78, 5) is 70.3. The van der Waals surface area contributed by atoms with Crippen molar-refractivity contribution in [3.63, 3.8) is 0 Å². The molecule has 16 nitrogen and oxygen atoms in total. The van der Waals surface area contributed by atoms with Gasteiger partial charge in [-0.15, -0.1) is 0 Å². The molecule has 0 aliphatic carbocycles. The van der Waals surface area contributed by atoms with Crippen molar-refractivity contribution in [3.8, 4) is 5.75 Å². The molecule has 5 atom stereocenters. The lowest BCUT2D eigenvalue weighted by atomic mass is 10.00. The van der Waals surface area contributed by atoms with Gasteiger partial charge in [-0.3, -0.25) is 19.2 Å². The fourth-order valence-corrected chi connectivity index (χ4v) is 3.96. The number of nitrogens with one attached hydrogen (secondary N) is 5. The molecule has 0 fully saturated rings. The number of aromatic amines is 1. The van der Waals surface area contributed by atoms with Gasteiger partial charge in [-0.1, -0.05) is 26.0 Å². The van der Waals surface area contributed by atoms with Gasteiger partial charge in [0.25, 0.3) is 0 Å². The van der Waals surface area contributed by atoms with Crippen molar-refractivity contribution in [1.29, 1.82) is 0 Å². The van der Waals surface area contributed by atoms with E-state index in [2.05, 4.69) is 31.2 Å². The summed E-state index contributed by atoms with van der Waals surface area (Å²) >= 11 is 0. The van der Waals surface area contributed by atoms with Gasteiger partial charge in [-0.25, -0.2) is 9.78 Å². The minimum Gasteiger partial charge on any atom is -0.508 e. The van der Waals surface area contributed by atoms with Crippen LogP contribution in [0.4, 0.5) is 0 Å². The van der Waals surface area contributed by atoms with Crippen molar-refractivity contribution in [3.05, 3.63) is 48.0 Å². The van der Waals surface area contributed by atoms with E-state index in [1.807, 2.05) is 0 Å². The van der Waals surface area contributed by atoms with Gasteiger partial charge in [-0.05, 0) is 30.0 Å². The molecule has 0 saturated heterocycles. The molecule has 0 aliphatic heterocycles. The topological polar surface area (TPSA) is 269 Å². The van der Waals surface area contributed by atoms with Gasteiger partial charge in [-0.2, -0.15) is 0 Å². The van der Waals surface area contributed by atoms with E-state index in [0.717, 1.165) is 0 Å². The Hall–Kier alpha value is -4.54. The lowest BCUT2D eigenvalue weighted by Crippen LogP contribution is -2.60. The van der Waals surface area contributed by atoms with E-state index >= 15 is 0 Å². The third-order valence-electron chi connectivity index (χ3n) is 6.28. The molecule has 0 unspecified atom stereocenters. The number of aromatic nitrogens is 2. The van der Waals surface area contributed by atoms with Crippen LogP contribution in [0.5, 0.6) is 5.75 Å². The van der Waals surface area contributed by atoms with Gasteiger partial charge < -0.3 is 52.4 Å². The smallest absolute Gasteiger partial charge is 0.326 e. The van der Waals surface area contributed by atoms with Crippen LogP contribution in [0.15, 0.2) is 36.8 Å². The first-order valence-electron chi connectivity index (χ1n) is 13.5. The van der Waals surface area contributed by atoms with Crippen LogP contribution in [-0.4, -0.2) is 103 Å². The number of benzene rings is 1. The summed E-state index contributed by atoms with van der Waals surface area (Å²) in [7, 11) is 0. The van der Waals surface area contributed by atoms with Gasteiger partial charge >= 0.3 is 5.97 Å². The third kappa shape index (κ3) is 11.3. The summed E-state index contributed by atoms with van der Waals surface area (Å²) < 4.78 is 0. The maximum atomic E-state index is 13.5. The third-order valence-corrected chi connectivity index (χ3v) is 6.28. The Labute approximate surface area is 247 Å². The number of H-pyrrole nitrogens is 1. The zero-order valence-corrected chi connectivity index (χ0v) is 23.8. The van der Waals surface area contributed by atoms with Gasteiger partial charge in [0.15, 0.2) is 0 Å². The number of aliphatic hydroxyl groups is 2. The number of nitrogens with two attached hydrogens (primary N) is 1.